The minimum absolute atomic E-state index is 0.209. The second-order valence-electron chi connectivity index (χ2n) is 3.96. The first kappa shape index (κ1) is 13.5. The highest BCUT2D eigenvalue weighted by Gasteiger charge is 2.13. The zero-order valence-electron chi connectivity index (χ0n) is 9.75. The van der Waals surface area contributed by atoms with Gasteiger partial charge in [-0.1, -0.05) is 42.5 Å². The lowest BCUT2D eigenvalue weighted by Crippen LogP contribution is -2.18. The Kier molecular flexibility index (Phi) is 4.69. The van der Waals surface area contributed by atoms with Crippen molar-refractivity contribution < 1.29 is 4.21 Å². The Labute approximate surface area is 118 Å². The lowest BCUT2D eigenvalue weighted by Gasteiger charge is -2.12. The molecular weight excluding hydrogens is 310 g/mol. The summed E-state index contributed by atoms with van der Waals surface area (Å²) < 4.78 is 13.1. The Morgan fingerprint density at radius 3 is 2.33 bits per heavy atom. The van der Waals surface area contributed by atoms with Crippen LogP contribution in [0, 0.1) is 0 Å². The number of hydrogen-bond acceptors (Lipinski definition) is 2. The first-order valence-electron chi connectivity index (χ1n) is 5.62. The van der Waals surface area contributed by atoms with Crippen LogP contribution in [0.3, 0.4) is 0 Å². The molecule has 94 valence electrons. The zero-order chi connectivity index (χ0) is 13.0. The second kappa shape index (κ2) is 6.27. The molecule has 2 atom stereocenters. The van der Waals surface area contributed by atoms with Crippen LogP contribution in [-0.2, 0) is 10.8 Å². The molecule has 18 heavy (non-hydrogen) atoms. The fraction of sp³-hybridized carbons (Fsp3) is 0.143. The molecule has 2 nitrogen and oxygen atoms in total. The molecule has 0 aliphatic carbocycles. The third kappa shape index (κ3) is 3.28. The van der Waals surface area contributed by atoms with E-state index >= 15 is 0 Å². The Morgan fingerprint density at radius 2 is 1.67 bits per heavy atom. The Hall–Kier alpha value is -0.970. The molecule has 2 aromatic carbocycles. The minimum Gasteiger partial charge on any atom is -0.323 e. The SMILES string of the molecule is NC(CS(=O)c1ccccc1Br)c1ccccc1. The third-order valence-electron chi connectivity index (χ3n) is 2.64. The number of hydrogen-bond donors (Lipinski definition) is 1. The molecule has 0 saturated heterocycles. The van der Waals surface area contributed by atoms with E-state index in [-0.39, 0.29) is 6.04 Å². The van der Waals surface area contributed by atoms with E-state index in [1.807, 2.05) is 54.6 Å². The van der Waals surface area contributed by atoms with Gasteiger partial charge >= 0.3 is 0 Å². The molecule has 2 aromatic rings. The highest BCUT2D eigenvalue weighted by molar-refractivity contribution is 9.10. The van der Waals surface area contributed by atoms with Gasteiger partial charge in [-0.05, 0) is 33.6 Å². The van der Waals surface area contributed by atoms with Gasteiger partial charge in [0.1, 0.15) is 0 Å². The van der Waals surface area contributed by atoms with Crippen molar-refractivity contribution >= 4 is 26.7 Å². The van der Waals surface area contributed by atoms with Crippen molar-refractivity contribution in [3.8, 4) is 0 Å². The van der Waals surface area contributed by atoms with E-state index in [4.69, 9.17) is 5.73 Å². The van der Waals surface area contributed by atoms with Crippen molar-refractivity contribution in [2.24, 2.45) is 5.73 Å². The van der Waals surface area contributed by atoms with Crippen LogP contribution < -0.4 is 5.73 Å². The smallest absolute Gasteiger partial charge is 0.0560 e. The molecule has 0 amide bonds. The molecular formula is C14H14BrNOS. The number of rotatable bonds is 4. The molecule has 0 fully saturated rings. The molecule has 0 spiro atoms. The average Bonchev–Trinajstić information content (AvgIpc) is 2.40. The predicted molar refractivity (Wildman–Crippen MR) is 78.8 cm³/mol. The summed E-state index contributed by atoms with van der Waals surface area (Å²) in [5, 5.41) is 0. The zero-order valence-corrected chi connectivity index (χ0v) is 12.2. The molecule has 0 aliphatic rings. The lowest BCUT2D eigenvalue weighted by molar-refractivity contribution is 0.675. The van der Waals surface area contributed by atoms with Crippen LogP contribution in [0.2, 0.25) is 0 Å². The summed E-state index contributed by atoms with van der Waals surface area (Å²) in [4.78, 5) is 0.795. The topological polar surface area (TPSA) is 43.1 Å². The van der Waals surface area contributed by atoms with Crippen molar-refractivity contribution in [2.75, 3.05) is 5.75 Å². The Bertz CT molecular complexity index is 545. The van der Waals surface area contributed by atoms with Crippen LogP contribution in [0.5, 0.6) is 0 Å². The van der Waals surface area contributed by atoms with Gasteiger partial charge in [0.2, 0.25) is 0 Å². The molecule has 0 bridgehead atoms. The van der Waals surface area contributed by atoms with Gasteiger partial charge in [-0.25, -0.2) is 0 Å². The van der Waals surface area contributed by atoms with Gasteiger partial charge < -0.3 is 5.73 Å². The van der Waals surface area contributed by atoms with Crippen LogP contribution in [-0.4, -0.2) is 9.96 Å². The highest BCUT2D eigenvalue weighted by Crippen LogP contribution is 2.22. The van der Waals surface area contributed by atoms with Crippen molar-refractivity contribution in [3.05, 3.63) is 64.6 Å². The second-order valence-corrected chi connectivity index (χ2v) is 6.28. The van der Waals surface area contributed by atoms with Crippen molar-refractivity contribution in [1.82, 2.24) is 0 Å². The average molecular weight is 324 g/mol. The Morgan fingerprint density at radius 1 is 1.06 bits per heavy atom. The molecule has 4 heteroatoms. The third-order valence-corrected chi connectivity index (χ3v) is 5.10. The maximum Gasteiger partial charge on any atom is 0.0560 e. The molecule has 0 radical (unpaired) electrons. The van der Waals surface area contributed by atoms with Gasteiger partial charge in [-0.15, -0.1) is 0 Å². The fourth-order valence-corrected chi connectivity index (χ4v) is 3.72. The van der Waals surface area contributed by atoms with E-state index in [1.165, 1.54) is 0 Å². The van der Waals surface area contributed by atoms with Gasteiger partial charge in [0.15, 0.2) is 0 Å². The predicted octanol–water partition coefficient (Wildman–Crippen LogP) is 3.26. The highest BCUT2D eigenvalue weighted by atomic mass is 79.9. The maximum absolute atomic E-state index is 12.3. The summed E-state index contributed by atoms with van der Waals surface area (Å²) in [6, 6.07) is 17.1. The fourth-order valence-electron chi connectivity index (χ4n) is 1.68. The molecule has 0 aromatic heterocycles. The van der Waals surface area contributed by atoms with Crippen LogP contribution in [0.25, 0.3) is 0 Å². The van der Waals surface area contributed by atoms with Crippen LogP contribution in [0.4, 0.5) is 0 Å². The van der Waals surface area contributed by atoms with Gasteiger partial charge in [-0.2, -0.15) is 0 Å². The number of nitrogens with two attached hydrogens (primary N) is 1. The Balaban J connectivity index is 2.11. The number of halogens is 1. The molecule has 0 heterocycles. The normalized spacial score (nSPS) is 14.1. The van der Waals surface area contributed by atoms with Gasteiger partial charge in [0, 0.05) is 16.3 Å². The lowest BCUT2D eigenvalue weighted by atomic mass is 10.1. The van der Waals surface area contributed by atoms with Gasteiger partial charge in [0.25, 0.3) is 0 Å². The summed E-state index contributed by atoms with van der Waals surface area (Å²) in [6.45, 7) is 0. The van der Waals surface area contributed by atoms with Crippen molar-refractivity contribution in [3.63, 3.8) is 0 Å². The quantitative estimate of drug-likeness (QED) is 0.938. The molecule has 0 aliphatic heterocycles. The van der Waals surface area contributed by atoms with E-state index < -0.39 is 10.8 Å². The molecule has 0 saturated carbocycles. The van der Waals surface area contributed by atoms with Crippen molar-refractivity contribution in [1.29, 1.82) is 0 Å². The first-order chi connectivity index (χ1) is 8.68. The van der Waals surface area contributed by atoms with Gasteiger partial charge in [-0.3, -0.25) is 4.21 Å². The van der Waals surface area contributed by atoms with E-state index in [0.717, 1.165) is 14.9 Å². The van der Waals surface area contributed by atoms with E-state index in [2.05, 4.69) is 15.9 Å². The van der Waals surface area contributed by atoms with Gasteiger partial charge in [0.05, 0.1) is 15.7 Å². The van der Waals surface area contributed by atoms with Crippen LogP contribution >= 0.6 is 15.9 Å². The summed E-state index contributed by atoms with van der Waals surface area (Å²) in [7, 11) is -1.10. The maximum atomic E-state index is 12.3. The van der Waals surface area contributed by atoms with Crippen molar-refractivity contribution in [2.45, 2.75) is 10.9 Å². The molecule has 2 unspecified atom stereocenters. The van der Waals surface area contributed by atoms with Crippen LogP contribution in [0.15, 0.2) is 64.0 Å². The van der Waals surface area contributed by atoms with E-state index in [9.17, 15) is 4.21 Å². The first-order valence-corrected chi connectivity index (χ1v) is 7.73. The minimum atomic E-state index is -1.10. The summed E-state index contributed by atoms with van der Waals surface area (Å²) >= 11 is 3.41. The monoisotopic (exact) mass is 323 g/mol. The largest absolute Gasteiger partial charge is 0.323 e. The summed E-state index contributed by atoms with van der Waals surface area (Å²) in [5.41, 5.74) is 7.09. The van der Waals surface area contributed by atoms with E-state index in [1.54, 1.807) is 0 Å². The standard InChI is InChI=1S/C14H14BrNOS/c15-12-8-4-5-9-14(12)18(17)10-13(16)11-6-2-1-3-7-11/h1-9,13H,10,16H2. The van der Waals surface area contributed by atoms with E-state index in [0.29, 0.717) is 5.75 Å². The molecule has 2 rings (SSSR count). The summed E-state index contributed by atoms with van der Waals surface area (Å²) in [6.07, 6.45) is 0. The summed E-state index contributed by atoms with van der Waals surface area (Å²) in [5.74, 6) is 0.423. The number of benzene rings is 2. The van der Waals surface area contributed by atoms with Crippen LogP contribution in [0.1, 0.15) is 11.6 Å². The molecule has 2 N–H and O–H groups in total.